The van der Waals surface area contributed by atoms with Crippen molar-refractivity contribution in [3.05, 3.63) is 22.4 Å². The normalized spacial score (nSPS) is 27.8. The number of carbonyl (C=O) groups excluding carboxylic acids is 1. The summed E-state index contributed by atoms with van der Waals surface area (Å²) in [6.07, 6.45) is 7.08. The minimum Gasteiger partial charge on any atom is -0.358 e. The number of nitro groups is 1. The summed E-state index contributed by atoms with van der Waals surface area (Å²) in [7, 11) is 0. The average Bonchev–Trinajstić information content (AvgIpc) is 3.20. The zero-order valence-corrected chi connectivity index (χ0v) is 12.8. The first-order valence-electron chi connectivity index (χ1n) is 8.00. The Morgan fingerprint density at radius 1 is 1.55 bits per heavy atom. The predicted octanol–water partition coefficient (Wildman–Crippen LogP) is 2.12. The van der Waals surface area contributed by atoms with Crippen LogP contribution in [0.5, 0.6) is 0 Å². The molecule has 0 aromatic carbocycles. The number of aromatic nitrogens is 2. The number of fused-ring (bicyclic) bond motifs is 2. The third-order valence-corrected chi connectivity index (χ3v) is 5.21. The second kappa shape index (κ2) is 6.06. The molecule has 22 heavy (non-hydrogen) atoms. The summed E-state index contributed by atoms with van der Waals surface area (Å²) in [5, 5.41) is 17.5. The van der Waals surface area contributed by atoms with Crippen LogP contribution in [0.25, 0.3) is 0 Å². The lowest BCUT2D eigenvalue weighted by molar-refractivity contribution is -0.389. The van der Waals surface area contributed by atoms with Gasteiger partial charge in [-0.3, -0.25) is 4.79 Å². The van der Waals surface area contributed by atoms with E-state index in [4.69, 9.17) is 0 Å². The van der Waals surface area contributed by atoms with Crippen molar-refractivity contribution < 1.29 is 9.72 Å². The monoisotopic (exact) mass is 306 g/mol. The molecule has 2 aliphatic rings. The Labute approximate surface area is 129 Å². The van der Waals surface area contributed by atoms with E-state index in [0.29, 0.717) is 18.9 Å². The van der Waals surface area contributed by atoms with Crippen LogP contribution in [0.1, 0.15) is 39.0 Å². The smallest absolute Gasteiger partial charge is 0.358 e. The Kier molecular flexibility index (Phi) is 4.13. The Hall–Kier alpha value is -1.92. The number of amides is 1. The topological polar surface area (TPSA) is 90.1 Å². The predicted molar refractivity (Wildman–Crippen MR) is 80.0 cm³/mol. The maximum atomic E-state index is 12.0. The average molecular weight is 306 g/mol. The van der Waals surface area contributed by atoms with Crippen LogP contribution >= 0.6 is 0 Å². The summed E-state index contributed by atoms with van der Waals surface area (Å²) in [6, 6.07) is 1.56. The maximum absolute atomic E-state index is 12.0. The molecule has 1 N–H and O–H groups in total. The van der Waals surface area contributed by atoms with Gasteiger partial charge in [-0.05, 0) is 48.9 Å². The van der Waals surface area contributed by atoms with E-state index in [1.165, 1.54) is 42.6 Å². The number of nitrogens with one attached hydrogen (secondary N) is 1. The minimum atomic E-state index is -0.534. The summed E-state index contributed by atoms with van der Waals surface area (Å²) < 4.78 is 1.44. The zero-order valence-electron chi connectivity index (χ0n) is 12.8. The van der Waals surface area contributed by atoms with Crippen LogP contribution in [0.3, 0.4) is 0 Å². The fourth-order valence-corrected chi connectivity index (χ4v) is 4.13. The summed E-state index contributed by atoms with van der Waals surface area (Å²) in [5.41, 5.74) is 0. The fraction of sp³-hybridized carbons (Fsp3) is 0.733. The van der Waals surface area contributed by atoms with E-state index >= 15 is 0 Å². The molecule has 2 bridgehead atoms. The van der Waals surface area contributed by atoms with Crippen molar-refractivity contribution in [3.63, 3.8) is 0 Å². The first-order chi connectivity index (χ1) is 10.5. The van der Waals surface area contributed by atoms with Gasteiger partial charge in [-0.25, -0.2) is 0 Å². The van der Waals surface area contributed by atoms with Crippen LogP contribution in [0, 0.1) is 27.9 Å². The summed E-state index contributed by atoms with van der Waals surface area (Å²) in [6.45, 7) is 2.46. The first kappa shape index (κ1) is 15.0. The van der Waals surface area contributed by atoms with Crippen molar-refractivity contribution in [2.45, 2.75) is 51.6 Å². The Balaban J connectivity index is 1.45. The zero-order chi connectivity index (χ0) is 15.7. The van der Waals surface area contributed by atoms with Crippen LogP contribution in [-0.2, 0) is 11.3 Å². The molecule has 3 rings (SSSR count). The van der Waals surface area contributed by atoms with E-state index in [0.717, 1.165) is 11.8 Å². The number of rotatable bonds is 6. The largest absolute Gasteiger partial charge is 0.389 e. The molecule has 7 nitrogen and oxygen atoms in total. The molecule has 0 aliphatic heterocycles. The Morgan fingerprint density at radius 3 is 2.95 bits per heavy atom. The molecular weight excluding hydrogens is 284 g/mol. The molecule has 2 aliphatic carbocycles. The number of aryl methyl sites for hydroxylation is 1. The van der Waals surface area contributed by atoms with E-state index < -0.39 is 4.92 Å². The summed E-state index contributed by atoms with van der Waals surface area (Å²) in [4.78, 5) is 22.1. The molecule has 120 valence electrons. The highest BCUT2D eigenvalue weighted by atomic mass is 16.6. The van der Waals surface area contributed by atoms with Gasteiger partial charge in [0.25, 0.3) is 0 Å². The third-order valence-electron chi connectivity index (χ3n) is 5.21. The van der Waals surface area contributed by atoms with Gasteiger partial charge in [0.2, 0.25) is 5.91 Å². The van der Waals surface area contributed by atoms with Crippen molar-refractivity contribution in [1.29, 1.82) is 0 Å². The quantitative estimate of drug-likeness (QED) is 0.644. The molecule has 2 saturated carbocycles. The number of hydrogen-bond acceptors (Lipinski definition) is 4. The van der Waals surface area contributed by atoms with Crippen LogP contribution in [0.2, 0.25) is 0 Å². The molecule has 4 atom stereocenters. The summed E-state index contributed by atoms with van der Waals surface area (Å²) >= 11 is 0. The van der Waals surface area contributed by atoms with Crippen LogP contribution in [-0.4, -0.2) is 26.7 Å². The fourth-order valence-electron chi connectivity index (χ4n) is 4.13. The van der Waals surface area contributed by atoms with Crippen molar-refractivity contribution in [2.75, 3.05) is 0 Å². The van der Waals surface area contributed by atoms with Crippen molar-refractivity contribution >= 4 is 11.7 Å². The standard InChI is InChI=1S/C15H22N4O3/c1-10(13-9-11-2-3-12(13)8-11)16-15(20)5-7-18-6-4-14(17-18)19(21)22/h4,6,10-13H,2-3,5,7-9H2,1H3,(H,16,20)/t10-,11-,12-,13+/m0/s1. The van der Waals surface area contributed by atoms with Gasteiger partial charge in [0.1, 0.15) is 0 Å². The lowest BCUT2D eigenvalue weighted by atomic mass is 9.84. The number of carbonyl (C=O) groups is 1. The molecule has 0 saturated heterocycles. The molecule has 0 spiro atoms. The second-order valence-corrected chi connectivity index (χ2v) is 6.64. The molecule has 1 amide bonds. The van der Waals surface area contributed by atoms with Gasteiger partial charge < -0.3 is 15.4 Å². The molecule has 0 unspecified atom stereocenters. The third kappa shape index (κ3) is 3.13. The molecule has 1 aromatic heterocycles. The highest BCUT2D eigenvalue weighted by Crippen LogP contribution is 2.49. The number of hydrogen-bond donors (Lipinski definition) is 1. The Bertz CT molecular complexity index is 571. The molecule has 7 heteroatoms. The van der Waals surface area contributed by atoms with Gasteiger partial charge in [0.15, 0.2) is 0 Å². The van der Waals surface area contributed by atoms with Gasteiger partial charge in [-0.2, -0.15) is 4.68 Å². The van der Waals surface area contributed by atoms with Crippen LogP contribution in [0.4, 0.5) is 5.82 Å². The van der Waals surface area contributed by atoms with Crippen LogP contribution < -0.4 is 5.32 Å². The van der Waals surface area contributed by atoms with E-state index in [-0.39, 0.29) is 17.8 Å². The van der Waals surface area contributed by atoms with E-state index in [1.807, 2.05) is 0 Å². The molecule has 1 aromatic rings. The highest BCUT2D eigenvalue weighted by molar-refractivity contribution is 5.76. The van der Waals surface area contributed by atoms with Crippen molar-refractivity contribution in [3.8, 4) is 0 Å². The van der Waals surface area contributed by atoms with Gasteiger partial charge in [0.05, 0.1) is 23.9 Å². The molecular formula is C15H22N4O3. The lowest BCUT2D eigenvalue weighted by Gasteiger charge is -2.28. The first-order valence-corrected chi connectivity index (χ1v) is 8.00. The van der Waals surface area contributed by atoms with Gasteiger partial charge in [0, 0.05) is 12.5 Å². The minimum absolute atomic E-state index is 0.00609. The van der Waals surface area contributed by atoms with Crippen LogP contribution in [0.15, 0.2) is 12.3 Å². The Morgan fingerprint density at radius 2 is 2.36 bits per heavy atom. The molecule has 2 fully saturated rings. The summed E-state index contributed by atoms with van der Waals surface area (Å²) in [5.74, 6) is 2.09. The van der Waals surface area contributed by atoms with E-state index in [1.54, 1.807) is 0 Å². The second-order valence-electron chi connectivity index (χ2n) is 6.64. The maximum Gasteiger partial charge on any atom is 0.389 e. The van der Waals surface area contributed by atoms with Crippen molar-refractivity contribution in [2.24, 2.45) is 17.8 Å². The van der Waals surface area contributed by atoms with Gasteiger partial charge >= 0.3 is 5.82 Å². The molecule has 1 heterocycles. The molecule has 0 radical (unpaired) electrons. The SMILES string of the molecule is C[C@H](NC(=O)CCn1ccc([N+](=O)[O-])n1)[C@H]1C[C@H]2CC[C@H]1C2. The van der Waals surface area contributed by atoms with Gasteiger partial charge in [-0.1, -0.05) is 6.42 Å². The van der Waals surface area contributed by atoms with E-state index in [2.05, 4.69) is 17.3 Å². The highest BCUT2D eigenvalue weighted by Gasteiger charge is 2.42. The lowest BCUT2D eigenvalue weighted by Crippen LogP contribution is -2.40. The van der Waals surface area contributed by atoms with E-state index in [9.17, 15) is 14.9 Å². The van der Waals surface area contributed by atoms with Crippen molar-refractivity contribution in [1.82, 2.24) is 15.1 Å². The van der Waals surface area contributed by atoms with Gasteiger partial charge in [-0.15, -0.1) is 0 Å². The number of nitrogens with zero attached hydrogens (tertiary/aromatic N) is 3.